The number of carboxylic acid groups (broad SMARTS) is 1. The SMILES string of the molecule is CCc1ccc(O)c(C(=O)O)c1C#N. The number of aryl methyl sites for hydroxylation is 1. The fraction of sp³-hybridized carbons (Fsp3) is 0.200. The van der Waals surface area contributed by atoms with E-state index in [1.54, 1.807) is 12.1 Å². The summed E-state index contributed by atoms with van der Waals surface area (Å²) in [5.41, 5.74) is 0.356. The molecule has 4 heteroatoms. The summed E-state index contributed by atoms with van der Waals surface area (Å²) in [5, 5.41) is 26.8. The first-order valence-electron chi connectivity index (χ1n) is 4.10. The van der Waals surface area contributed by atoms with E-state index in [0.29, 0.717) is 12.0 Å². The van der Waals surface area contributed by atoms with Gasteiger partial charge >= 0.3 is 5.97 Å². The van der Waals surface area contributed by atoms with Gasteiger partial charge in [0.2, 0.25) is 0 Å². The molecule has 0 aliphatic heterocycles. The fourth-order valence-electron chi connectivity index (χ4n) is 1.27. The number of benzene rings is 1. The summed E-state index contributed by atoms with van der Waals surface area (Å²) in [6.07, 6.45) is 0.559. The summed E-state index contributed by atoms with van der Waals surface area (Å²) in [5.74, 6) is -1.65. The van der Waals surface area contributed by atoms with Gasteiger partial charge in [-0.1, -0.05) is 13.0 Å². The summed E-state index contributed by atoms with van der Waals surface area (Å²) >= 11 is 0. The van der Waals surface area contributed by atoms with E-state index < -0.39 is 5.97 Å². The first kappa shape index (κ1) is 10.1. The molecule has 72 valence electrons. The fourth-order valence-corrected chi connectivity index (χ4v) is 1.27. The Labute approximate surface area is 81.0 Å². The summed E-state index contributed by atoms with van der Waals surface area (Å²) < 4.78 is 0. The molecule has 14 heavy (non-hydrogen) atoms. The van der Waals surface area contributed by atoms with Crippen molar-refractivity contribution >= 4 is 5.97 Å². The normalized spacial score (nSPS) is 9.43. The average Bonchev–Trinajstić information content (AvgIpc) is 2.16. The van der Waals surface area contributed by atoms with Gasteiger partial charge < -0.3 is 10.2 Å². The molecule has 1 rings (SSSR count). The van der Waals surface area contributed by atoms with Crippen molar-refractivity contribution in [3.63, 3.8) is 0 Å². The van der Waals surface area contributed by atoms with Crippen molar-refractivity contribution in [2.75, 3.05) is 0 Å². The van der Waals surface area contributed by atoms with Crippen LogP contribution in [0.3, 0.4) is 0 Å². The lowest BCUT2D eigenvalue weighted by Crippen LogP contribution is -2.03. The standard InChI is InChI=1S/C10H9NO3/c1-2-6-3-4-8(12)9(10(13)14)7(6)5-11/h3-4,12H,2H2,1H3,(H,13,14). The van der Waals surface area contributed by atoms with Gasteiger partial charge in [-0.15, -0.1) is 0 Å². The zero-order valence-corrected chi connectivity index (χ0v) is 7.61. The minimum Gasteiger partial charge on any atom is -0.507 e. The molecule has 0 heterocycles. The lowest BCUT2D eigenvalue weighted by molar-refractivity contribution is 0.0693. The second-order valence-corrected chi connectivity index (χ2v) is 2.76. The number of aromatic hydroxyl groups is 1. The lowest BCUT2D eigenvalue weighted by Gasteiger charge is -2.05. The molecule has 1 aromatic carbocycles. The van der Waals surface area contributed by atoms with Crippen LogP contribution in [0, 0.1) is 11.3 Å². The van der Waals surface area contributed by atoms with Gasteiger partial charge in [-0.25, -0.2) is 4.79 Å². The molecule has 0 atom stereocenters. The molecule has 0 fully saturated rings. The third-order valence-electron chi connectivity index (χ3n) is 1.98. The first-order chi connectivity index (χ1) is 6.61. The molecule has 0 saturated carbocycles. The van der Waals surface area contributed by atoms with Gasteiger partial charge in [0.15, 0.2) is 0 Å². The Balaban J connectivity index is 3.53. The predicted octanol–water partition coefficient (Wildman–Crippen LogP) is 1.52. The molecule has 0 bridgehead atoms. The van der Waals surface area contributed by atoms with Crippen LogP contribution < -0.4 is 0 Å². The number of phenols is 1. The molecule has 0 aliphatic carbocycles. The monoisotopic (exact) mass is 191 g/mol. The summed E-state index contributed by atoms with van der Waals surface area (Å²) in [7, 11) is 0. The number of rotatable bonds is 2. The molecule has 0 saturated heterocycles. The summed E-state index contributed by atoms with van der Waals surface area (Å²) in [4.78, 5) is 10.8. The van der Waals surface area contributed by atoms with E-state index in [-0.39, 0.29) is 16.9 Å². The number of carboxylic acids is 1. The minimum absolute atomic E-state index is 0.0417. The molecular weight excluding hydrogens is 182 g/mol. The predicted molar refractivity (Wildman–Crippen MR) is 49.2 cm³/mol. The smallest absolute Gasteiger partial charge is 0.340 e. The minimum atomic E-state index is -1.28. The molecule has 0 unspecified atom stereocenters. The van der Waals surface area contributed by atoms with Gasteiger partial charge in [0, 0.05) is 0 Å². The van der Waals surface area contributed by atoms with Crippen LogP contribution in [0.25, 0.3) is 0 Å². The van der Waals surface area contributed by atoms with Gasteiger partial charge in [0.1, 0.15) is 17.4 Å². The second-order valence-electron chi connectivity index (χ2n) is 2.76. The Morgan fingerprint density at radius 3 is 2.64 bits per heavy atom. The van der Waals surface area contributed by atoms with Gasteiger partial charge in [0.05, 0.1) is 5.56 Å². The lowest BCUT2D eigenvalue weighted by atomic mass is 9.99. The van der Waals surface area contributed by atoms with Crippen LogP contribution in [0.15, 0.2) is 12.1 Å². The van der Waals surface area contributed by atoms with E-state index >= 15 is 0 Å². The van der Waals surface area contributed by atoms with E-state index in [9.17, 15) is 9.90 Å². The van der Waals surface area contributed by atoms with Crippen LogP contribution in [-0.2, 0) is 6.42 Å². The van der Waals surface area contributed by atoms with Crippen molar-refractivity contribution in [2.24, 2.45) is 0 Å². The molecular formula is C10H9NO3. The summed E-state index contributed by atoms with van der Waals surface area (Å²) in [6, 6.07) is 4.65. The number of aromatic carboxylic acids is 1. The molecule has 0 aromatic heterocycles. The van der Waals surface area contributed by atoms with E-state index in [0.717, 1.165) is 0 Å². The summed E-state index contributed by atoms with van der Waals surface area (Å²) in [6.45, 7) is 1.82. The highest BCUT2D eigenvalue weighted by Gasteiger charge is 2.17. The van der Waals surface area contributed by atoms with E-state index in [1.807, 2.05) is 6.92 Å². The largest absolute Gasteiger partial charge is 0.507 e. The number of nitriles is 1. The molecule has 0 aliphatic rings. The van der Waals surface area contributed by atoms with Crippen molar-refractivity contribution in [3.8, 4) is 11.8 Å². The molecule has 1 aromatic rings. The quantitative estimate of drug-likeness (QED) is 0.742. The Morgan fingerprint density at radius 2 is 2.21 bits per heavy atom. The Kier molecular flexibility index (Phi) is 2.73. The highest BCUT2D eigenvalue weighted by molar-refractivity contribution is 5.94. The Hall–Kier alpha value is -2.02. The van der Waals surface area contributed by atoms with Crippen molar-refractivity contribution < 1.29 is 15.0 Å². The number of carbonyl (C=O) groups is 1. The third kappa shape index (κ3) is 1.52. The third-order valence-corrected chi connectivity index (χ3v) is 1.98. The van der Waals surface area contributed by atoms with Gasteiger partial charge in [0.25, 0.3) is 0 Å². The van der Waals surface area contributed by atoms with Crippen LogP contribution in [0.5, 0.6) is 5.75 Å². The van der Waals surface area contributed by atoms with Crippen molar-refractivity contribution in [3.05, 3.63) is 28.8 Å². The zero-order chi connectivity index (χ0) is 10.7. The van der Waals surface area contributed by atoms with Crippen molar-refractivity contribution in [1.82, 2.24) is 0 Å². The van der Waals surface area contributed by atoms with E-state index in [1.165, 1.54) is 6.07 Å². The first-order valence-corrected chi connectivity index (χ1v) is 4.10. The molecule has 0 radical (unpaired) electrons. The molecule has 4 nitrogen and oxygen atoms in total. The van der Waals surface area contributed by atoms with Crippen LogP contribution >= 0.6 is 0 Å². The van der Waals surface area contributed by atoms with Gasteiger partial charge in [-0.2, -0.15) is 5.26 Å². The number of hydrogen-bond donors (Lipinski definition) is 2. The highest BCUT2D eigenvalue weighted by atomic mass is 16.4. The van der Waals surface area contributed by atoms with Gasteiger partial charge in [-0.3, -0.25) is 0 Å². The maximum absolute atomic E-state index is 10.8. The van der Waals surface area contributed by atoms with Crippen LogP contribution in [0.4, 0.5) is 0 Å². The molecule has 2 N–H and O–H groups in total. The Morgan fingerprint density at radius 1 is 1.57 bits per heavy atom. The van der Waals surface area contributed by atoms with Crippen molar-refractivity contribution in [2.45, 2.75) is 13.3 Å². The number of hydrogen-bond acceptors (Lipinski definition) is 3. The van der Waals surface area contributed by atoms with E-state index in [2.05, 4.69) is 0 Å². The Bertz CT molecular complexity index is 418. The van der Waals surface area contributed by atoms with Crippen LogP contribution in [-0.4, -0.2) is 16.2 Å². The van der Waals surface area contributed by atoms with Crippen LogP contribution in [0.2, 0.25) is 0 Å². The zero-order valence-electron chi connectivity index (χ0n) is 7.61. The van der Waals surface area contributed by atoms with E-state index in [4.69, 9.17) is 10.4 Å². The maximum atomic E-state index is 10.8. The van der Waals surface area contributed by atoms with Crippen LogP contribution in [0.1, 0.15) is 28.4 Å². The highest BCUT2D eigenvalue weighted by Crippen LogP contribution is 2.24. The topological polar surface area (TPSA) is 81.3 Å². The maximum Gasteiger partial charge on any atom is 0.340 e. The second kappa shape index (κ2) is 3.79. The van der Waals surface area contributed by atoms with Crippen molar-refractivity contribution in [1.29, 1.82) is 5.26 Å². The number of nitrogens with zero attached hydrogens (tertiary/aromatic N) is 1. The molecule has 0 spiro atoms. The van der Waals surface area contributed by atoms with Gasteiger partial charge in [-0.05, 0) is 18.1 Å². The average molecular weight is 191 g/mol. The molecule has 0 amide bonds.